The van der Waals surface area contributed by atoms with Gasteiger partial charge >= 0.3 is 0 Å². The molecular formula is C17H20N2OS. The molecule has 0 bridgehead atoms. The number of nitrogens with two attached hydrogens (primary N) is 1. The van der Waals surface area contributed by atoms with Gasteiger partial charge in [0.15, 0.2) is 0 Å². The van der Waals surface area contributed by atoms with Gasteiger partial charge in [-0.05, 0) is 37.1 Å². The molecule has 0 atom stereocenters. The van der Waals surface area contributed by atoms with Gasteiger partial charge in [-0.3, -0.25) is 10.2 Å². The van der Waals surface area contributed by atoms with E-state index in [2.05, 4.69) is 37.5 Å². The van der Waals surface area contributed by atoms with E-state index in [1.165, 1.54) is 16.7 Å². The Labute approximate surface area is 129 Å². The molecule has 0 radical (unpaired) electrons. The van der Waals surface area contributed by atoms with E-state index in [1.54, 1.807) is 6.07 Å². The van der Waals surface area contributed by atoms with Crippen LogP contribution >= 0.6 is 11.8 Å². The summed E-state index contributed by atoms with van der Waals surface area (Å²) in [5, 5.41) is 0. The molecular weight excluding hydrogens is 280 g/mol. The molecule has 1 amide bonds. The van der Waals surface area contributed by atoms with Crippen molar-refractivity contribution in [1.29, 1.82) is 0 Å². The number of carbonyl (C=O) groups is 1. The fourth-order valence-electron chi connectivity index (χ4n) is 2.32. The molecule has 0 saturated carbocycles. The van der Waals surface area contributed by atoms with Crippen molar-refractivity contribution in [3.63, 3.8) is 0 Å². The van der Waals surface area contributed by atoms with Crippen molar-refractivity contribution in [3.05, 3.63) is 70.3 Å². The van der Waals surface area contributed by atoms with Crippen molar-refractivity contribution in [2.45, 2.75) is 25.4 Å². The molecule has 3 N–H and O–H groups in total. The third kappa shape index (κ3) is 4.62. The smallest absolute Gasteiger partial charge is 0.265 e. The van der Waals surface area contributed by atoms with Crippen LogP contribution < -0.4 is 11.3 Å². The molecule has 21 heavy (non-hydrogen) atoms. The van der Waals surface area contributed by atoms with Crippen LogP contribution in [0.4, 0.5) is 0 Å². The lowest BCUT2D eigenvalue weighted by atomic mass is 10.1. The standard InChI is InChI=1S/C17H20N2OS/c1-12-6-13(2)8-15(7-12)11-21-10-14-4-3-5-16(9-14)17(20)19-18/h3-9H,10-11,18H2,1-2H3,(H,19,20). The SMILES string of the molecule is Cc1cc(C)cc(CSCc2cccc(C(=O)NN)c2)c1. The van der Waals surface area contributed by atoms with Crippen molar-refractivity contribution >= 4 is 17.7 Å². The number of hydrogen-bond acceptors (Lipinski definition) is 3. The van der Waals surface area contributed by atoms with Gasteiger partial charge in [-0.25, -0.2) is 5.84 Å². The first-order chi connectivity index (χ1) is 10.1. The van der Waals surface area contributed by atoms with E-state index < -0.39 is 0 Å². The molecule has 2 aromatic rings. The minimum Gasteiger partial charge on any atom is -0.290 e. The Morgan fingerprint density at radius 1 is 1.05 bits per heavy atom. The van der Waals surface area contributed by atoms with Crippen LogP contribution in [-0.4, -0.2) is 5.91 Å². The van der Waals surface area contributed by atoms with E-state index in [1.807, 2.05) is 30.0 Å². The molecule has 0 aliphatic rings. The third-order valence-corrected chi connectivity index (χ3v) is 4.21. The Morgan fingerprint density at radius 3 is 2.38 bits per heavy atom. The Hall–Kier alpha value is -1.78. The highest BCUT2D eigenvalue weighted by Crippen LogP contribution is 2.20. The minimum atomic E-state index is -0.254. The highest BCUT2D eigenvalue weighted by Gasteiger charge is 2.04. The second-order valence-electron chi connectivity index (χ2n) is 5.16. The summed E-state index contributed by atoms with van der Waals surface area (Å²) in [6.45, 7) is 4.24. The molecule has 110 valence electrons. The van der Waals surface area contributed by atoms with Gasteiger partial charge in [0, 0.05) is 17.1 Å². The van der Waals surface area contributed by atoms with E-state index in [0.717, 1.165) is 17.1 Å². The van der Waals surface area contributed by atoms with Crippen molar-refractivity contribution in [2.75, 3.05) is 0 Å². The van der Waals surface area contributed by atoms with Crippen LogP contribution in [0.15, 0.2) is 42.5 Å². The highest BCUT2D eigenvalue weighted by atomic mass is 32.2. The fraction of sp³-hybridized carbons (Fsp3) is 0.235. The van der Waals surface area contributed by atoms with Crippen LogP contribution in [0.3, 0.4) is 0 Å². The maximum absolute atomic E-state index is 11.5. The van der Waals surface area contributed by atoms with Crippen LogP contribution in [0.1, 0.15) is 32.6 Å². The molecule has 3 nitrogen and oxygen atoms in total. The van der Waals surface area contributed by atoms with Gasteiger partial charge in [0.1, 0.15) is 0 Å². The van der Waals surface area contributed by atoms with Gasteiger partial charge in [0.05, 0.1) is 0 Å². The van der Waals surface area contributed by atoms with Crippen LogP contribution in [0.25, 0.3) is 0 Å². The number of amides is 1. The molecule has 0 spiro atoms. The number of hydrazine groups is 1. The van der Waals surface area contributed by atoms with E-state index in [9.17, 15) is 4.79 Å². The zero-order chi connectivity index (χ0) is 15.2. The number of carbonyl (C=O) groups excluding carboxylic acids is 1. The quantitative estimate of drug-likeness (QED) is 0.506. The minimum absolute atomic E-state index is 0.254. The van der Waals surface area contributed by atoms with Gasteiger partial charge in [0.25, 0.3) is 5.91 Å². The number of thioether (sulfide) groups is 1. The predicted molar refractivity (Wildman–Crippen MR) is 89.0 cm³/mol. The molecule has 0 fully saturated rings. The number of rotatable bonds is 5. The Kier molecular flexibility index (Phi) is 5.42. The van der Waals surface area contributed by atoms with Crippen molar-refractivity contribution < 1.29 is 4.79 Å². The third-order valence-electron chi connectivity index (χ3n) is 3.14. The van der Waals surface area contributed by atoms with E-state index in [4.69, 9.17) is 5.84 Å². The first-order valence-electron chi connectivity index (χ1n) is 6.83. The fourth-order valence-corrected chi connectivity index (χ4v) is 3.24. The lowest BCUT2D eigenvalue weighted by molar-refractivity contribution is 0.0953. The number of benzene rings is 2. The summed E-state index contributed by atoms with van der Waals surface area (Å²) in [5.41, 5.74) is 7.82. The van der Waals surface area contributed by atoms with Crippen LogP contribution in [0.2, 0.25) is 0 Å². The molecule has 0 aliphatic heterocycles. The Bertz CT molecular complexity index is 620. The Balaban J connectivity index is 1.95. The van der Waals surface area contributed by atoms with Crippen LogP contribution in [0, 0.1) is 13.8 Å². The summed E-state index contributed by atoms with van der Waals surface area (Å²) in [4.78, 5) is 11.5. The van der Waals surface area contributed by atoms with E-state index in [-0.39, 0.29) is 5.91 Å². The summed E-state index contributed by atoms with van der Waals surface area (Å²) in [6.07, 6.45) is 0. The number of hydrogen-bond donors (Lipinski definition) is 2. The molecule has 4 heteroatoms. The molecule has 0 aromatic heterocycles. The molecule has 0 saturated heterocycles. The second-order valence-corrected chi connectivity index (χ2v) is 6.15. The number of nitrogens with one attached hydrogen (secondary N) is 1. The zero-order valence-corrected chi connectivity index (χ0v) is 13.2. The van der Waals surface area contributed by atoms with Crippen molar-refractivity contribution in [3.8, 4) is 0 Å². The number of aryl methyl sites for hydroxylation is 2. The summed E-state index contributed by atoms with van der Waals surface area (Å²) >= 11 is 1.84. The van der Waals surface area contributed by atoms with E-state index >= 15 is 0 Å². The van der Waals surface area contributed by atoms with Crippen LogP contribution in [-0.2, 0) is 11.5 Å². The average Bonchev–Trinajstić information content (AvgIpc) is 2.46. The van der Waals surface area contributed by atoms with Crippen LogP contribution in [0.5, 0.6) is 0 Å². The molecule has 0 heterocycles. The zero-order valence-electron chi connectivity index (χ0n) is 12.3. The van der Waals surface area contributed by atoms with Gasteiger partial charge in [-0.1, -0.05) is 41.5 Å². The maximum atomic E-state index is 11.5. The normalized spacial score (nSPS) is 10.4. The predicted octanol–water partition coefficient (Wildman–Crippen LogP) is 3.34. The second kappa shape index (κ2) is 7.29. The first kappa shape index (κ1) is 15.6. The highest BCUT2D eigenvalue weighted by molar-refractivity contribution is 7.97. The summed E-state index contributed by atoms with van der Waals surface area (Å²) < 4.78 is 0. The largest absolute Gasteiger partial charge is 0.290 e. The van der Waals surface area contributed by atoms with Gasteiger partial charge < -0.3 is 0 Å². The molecule has 0 unspecified atom stereocenters. The monoisotopic (exact) mass is 300 g/mol. The molecule has 2 aromatic carbocycles. The summed E-state index contributed by atoms with van der Waals surface area (Å²) in [5.74, 6) is 6.74. The van der Waals surface area contributed by atoms with Crippen molar-refractivity contribution in [2.24, 2.45) is 5.84 Å². The first-order valence-corrected chi connectivity index (χ1v) is 7.99. The topological polar surface area (TPSA) is 55.1 Å². The molecule has 2 rings (SSSR count). The van der Waals surface area contributed by atoms with Gasteiger partial charge in [0.2, 0.25) is 0 Å². The lowest BCUT2D eigenvalue weighted by Gasteiger charge is -2.06. The molecule has 0 aliphatic carbocycles. The lowest BCUT2D eigenvalue weighted by Crippen LogP contribution is -2.29. The maximum Gasteiger partial charge on any atom is 0.265 e. The van der Waals surface area contributed by atoms with Gasteiger partial charge in [-0.15, -0.1) is 0 Å². The average molecular weight is 300 g/mol. The summed E-state index contributed by atoms with van der Waals surface area (Å²) in [6, 6.07) is 14.2. The summed E-state index contributed by atoms with van der Waals surface area (Å²) in [7, 11) is 0. The number of nitrogen functional groups attached to an aromatic ring is 1. The van der Waals surface area contributed by atoms with Crippen molar-refractivity contribution in [1.82, 2.24) is 5.43 Å². The van der Waals surface area contributed by atoms with E-state index in [0.29, 0.717) is 5.56 Å². The van der Waals surface area contributed by atoms with Gasteiger partial charge in [-0.2, -0.15) is 11.8 Å². The Morgan fingerprint density at radius 2 is 1.71 bits per heavy atom.